The van der Waals surface area contributed by atoms with Crippen LogP contribution >= 0.6 is 0 Å². The van der Waals surface area contributed by atoms with Crippen molar-refractivity contribution in [1.82, 2.24) is 30.7 Å². The number of amides is 1. The summed E-state index contributed by atoms with van der Waals surface area (Å²) < 4.78 is 5.79. The molecule has 0 spiro atoms. The summed E-state index contributed by atoms with van der Waals surface area (Å²) in [5.41, 5.74) is 10.7. The Balaban J connectivity index is 1.70. The Hall–Kier alpha value is -3.56. The molecule has 0 aliphatic rings. The molecule has 0 atom stereocenters. The Morgan fingerprint density at radius 1 is 1.36 bits per heavy atom. The van der Waals surface area contributed by atoms with Crippen LogP contribution in [0, 0.1) is 6.92 Å². The van der Waals surface area contributed by atoms with E-state index in [-0.39, 0.29) is 17.3 Å². The van der Waals surface area contributed by atoms with Gasteiger partial charge in [-0.15, -0.1) is 5.10 Å². The number of nitrogens with two attached hydrogens (primary N) is 1. The van der Waals surface area contributed by atoms with Crippen LogP contribution < -0.4 is 11.2 Å². The van der Waals surface area contributed by atoms with Crippen LogP contribution in [-0.2, 0) is 6.42 Å². The normalized spacial score (nSPS) is 11.1. The summed E-state index contributed by atoms with van der Waals surface area (Å²) in [7, 11) is 0. The molecule has 0 radical (unpaired) electrons. The lowest BCUT2D eigenvalue weighted by molar-refractivity contribution is 0.0949. The highest BCUT2D eigenvalue weighted by Gasteiger charge is 2.20. The third-order valence-electron chi connectivity index (χ3n) is 3.57. The topological polar surface area (TPSA) is 137 Å². The first kappa shape index (κ1) is 16.3. The standard InChI is InChI=1S/C15H16N8O2/c1-3-10-4-6-11(7-5-10)8-17-19-15(24)12-9(2)23(22-18-12)14-13(16)20-25-21-14/h4-8H,3H2,1-2H3,(H2,16,20)(H,19,24)/b17-8+. The fourth-order valence-corrected chi connectivity index (χ4v) is 2.14. The van der Waals surface area contributed by atoms with Gasteiger partial charge in [0.15, 0.2) is 5.69 Å². The number of aromatic nitrogens is 5. The molecule has 0 unspecified atom stereocenters. The highest BCUT2D eigenvalue weighted by atomic mass is 16.6. The molecule has 25 heavy (non-hydrogen) atoms. The number of nitrogen functional groups attached to an aromatic ring is 1. The maximum Gasteiger partial charge on any atom is 0.293 e. The number of carbonyl (C=O) groups excluding carboxylic acids is 1. The molecule has 0 aliphatic carbocycles. The van der Waals surface area contributed by atoms with Gasteiger partial charge in [-0.2, -0.15) is 9.78 Å². The van der Waals surface area contributed by atoms with E-state index in [0.717, 1.165) is 12.0 Å². The molecule has 0 saturated heterocycles. The van der Waals surface area contributed by atoms with Gasteiger partial charge in [-0.25, -0.2) is 10.1 Å². The lowest BCUT2D eigenvalue weighted by atomic mass is 10.1. The van der Waals surface area contributed by atoms with E-state index in [1.54, 1.807) is 13.1 Å². The Kier molecular flexibility index (Phi) is 4.50. The number of aryl methyl sites for hydroxylation is 1. The minimum Gasteiger partial charge on any atom is -0.378 e. The second-order valence-corrected chi connectivity index (χ2v) is 5.20. The molecule has 2 heterocycles. The summed E-state index contributed by atoms with van der Waals surface area (Å²) in [5.74, 6) is -0.280. The van der Waals surface area contributed by atoms with Crippen molar-refractivity contribution in [2.24, 2.45) is 5.10 Å². The van der Waals surface area contributed by atoms with Crippen LogP contribution in [0.25, 0.3) is 5.82 Å². The molecule has 0 aliphatic heterocycles. The van der Waals surface area contributed by atoms with Crippen molar-refractivity contribution in [2.75, 3.05) is 5.73 Å². The van der Waals surface area contributed by atoms with Crippen LogP contribution in [0.1, 0.15) is 34.2 Å². The number of hydrogen-bond acceptors (Lipinski definition) is 8. The number of benzene rings is 1. The molecule has 1 aromatic carbocycles. The zero-order valence-corrected chi connectivity index (χ0v) is 13.7. The monoisotopic (exact) mass is 340 g/mol. The number of nitrogens with zero attached hydrogens (tertiary/aromatic N) is 6. The van der Waals surface area contributed by atoms with E-state index in [1.807, 2.05) is 24.3 Å². The van der Waals surface area contributed by atoms with Crippen LogP contribution in [0.3, 0.4) is 0 Å². The predicted octanol–water partition coefficient (Wildman–Crippen LogP) is 0.867. The molecule has 128 valence electrons. The minimum absolute atomic E-state index is 0.0495. The molecule has 10 nitrogen and oxygen atoms in total. The largest absolute Gasteiger partial charge is 0.378 e. The van der Waals surface area contributed by atoms with Gasteiger partial charge in [0.2, 0.25) is 11.6 Å². The summed E-state index contributed by atoms with van der Waals surface area (Å²) >= 11 is 0. The van der Waals surface area contributed by atoms with E-state index in [2.05, 4.69) is 42.7 Å². The summed E-state index contributed by atoms with van der Waals surface area (Å²) in [4.78, 5) is 12.2. The van der Waals surface area contributed by atoms with Crippen LogP contribution in [-0.4, -0.2) is 37.4 Å². The average molecular weight is 340 g/mol. The fraction of sp³-hybridized carbons (Fsp3) is 0.200. The highest BCUT2D eigenvalue weighted by molar-refractivity contribution is 5.94. The van der Waals surface area contributed by atoms with E-state index in [1.165, 1.54) is 10.2 Å². The minimum atomic E-state index is -0.500. The van der Waals surface area contributed by atoms with Gasteiger partial charge in [-0.1, -0.05) is 36.4 Å². The zero-order valence-electron chi connectivity index (χ0n) is 13.7. The van der Waals surface area contributed by atoms with E-state index < -0.39 is 5.91 Å². The van der Waals surface area contributed by atoms with Crippen molar-refractivity contribution in [2.45, 2.75) is 20.3 Å². The van der Waals surface area contributed by atoms with Gasteiger partial charge in [-0.05, 0) is 34.8 Å². The molecule has 10 heteroatoms. The van der Waals surface area contributed by atoms with E-state index in [9.17, 15) is 4.79 Å². The molecular formula is C15H16N8O2. The first-order chi connectivity index (χ1) is 12.1. The number of carbonyl (C=O) groups is 1. The van der Waals surface area contributed by atoms with Crippen LogP contribution in [0.15, 0.2) is 34.0 Å². The van der Waals surface area contributed by atoms with Crippen LogP contribution in [0.2, 0.25) is 0 Å². The van der Waals surface area contributed by atoms with Crippen molar-refractivity contribution < 1.29 is 9.42 Å². The van der Waals surface area contributed by atoms with E-state index >= 15 is 0 Å². The van der Waals surface area contributed by atoms with E-state index in [0.29, 0.717) is 5.69 Å². The molecule has 1 amide bonds. The van der Waals surface area contributed by atoms with Gasteiger partial charge in [0.1, 0.15) is 0 Å². The van der Waals surface area contributed by atoms with Gasteiger partial charge in [-0.3, -0.25) is 4.79 Å². The van der Waals surface area contributed by atoms with Gasteiger partial charge in [0.25, 0.3) is 5.91 Å². The third-order valence-corrected chi connectivity index (χ3v) is 3.57. The quantitative estimate of drug-likeness (QED) is 0.519. The van der Waals surface area contributed by atoms with Crippen LogP contribution in [0.4, 0.5) is 5.82 Å². The summed E-state index contributed by atoms with van der Waals surface area (Å²) in [6.45, 7) is 3.73. The molecular weight excluding hydrogens is 324 g/mol. The lowest BCUT2D eigenvalue weighted by Gasteiger charge is -2.00. The molecule has 3 N–H and O–H groups in total. The Morgan fingerprint density at radius 3 is 2.76 bits per heavy atom. The second-order valence-electron chi connectivity index (χ2n) is 5.20. The lowest BCUT2D eigenvalue weighted by Crippen LogP contribution is -2.19. The number of hydrogen-bond donors (Lipinski definition) is 2. The SMILES string of the molecule is CCc1ccc(/C=N/NC(=O)c2nnn(-c3nonc3N)c2C)cc1. The highest BCUT2D eigenvalue weighted by Crippen LogP contribution is 2.14. The smallest absolute Gasteiger partial charge is 0.293 e. The zero-order chi connectivity index (χ0) is 17.8. The van der Waals surface area contributed by atoms with Gasteiger partial charge < -0.3 is 5.73 Å². The summed E-state index contributed by atoms with van der Waals surface area (Å²) in [6.07, 6.45) is 2.52. The molecule has 3 rings (SSSR count). The first-order valence-corrected chi connectivity index (χ1v) is 7.53. The first-order valence-electron chi connectivity index (χ1n) is 7.53. The Morgan fingerprint density at radius 2 is 2.12 bits per heavy atom. The fourth-order valence-electron chi connectivity index (χ4n) is 2.14. The number of rotatable bonds is 5. The second kappa shape index (κ2) is 6.91. The number of hydrazone groups is 1. The molecule has 2 aromatic heterocycles. The average Bonchev–Trinajstić information content (AvgIpc) is 3.20. The Labute approximate surface area is 142 Å². The molecule has 0 saturated carbocycles. The maximum atomic E-state index is 12.2. The number of nitrogens with one attached hydrogen (secondary N) is 1. The number of anilines is 1. The maximum absolute atomic E-state index is 12.2. The van der Waals surface area contributed by atoms with Crippen molar-refractivity contribution in [3.63, 3.8) is 0 Å². The molecule has 0 fully saturated rings. The van der Waals surface area contributed by atoms with Gasteiger partial charge in [0.05, 0.1) is 11.9 Å². The third kappa shape index (κ3) is 3.37. The van der Waals surface area contributed by atoms with Crippen molar-refractivity contribution in [1.29, 1.82) is 0 Å². The van der Waals surface area contributed by atoms with E-state index in [4.69, 9.17) is 5.73 Å². The molecule has 0 bridgehead atoms. The summed E-state index contributed by atoms with van der Waals surface area (Å²) in [5, 5.41) is 18.7. The van der Waals surface area contributed by atoms with Gasteiger partial charge >= 0.3 is 0 Å². The predicted molar refractivity (Wildman–Crippen MR) is 89.2 cm³/mol. The Bertz CT molecular complexity index is 910. The van der Waals surface area contributed by atoms with Crippen molar-refractivity contribution in [3.05, 3.63) is 46.8 Å². The van der Waals surface area contributed by atoms with Crippen molar-refractivity contribution in [3.8, 4) is 5.82 Å². The van der Waals surface area contributed by atoms with Crippen molar-refractivity contribution >= 4 is 17.9 Å². The van der Waals surface area contributed by atoms with Gasteiger partial charge in [0, 0.05) is 0 Å². The summed E-state index contributed by atoms with van der Waals surface area (Å²) in [6, 6.07) is 7.87. The van der Waals surface area contributed by atoms with Crippen LogP contribution in [0.5, 0.6) is 0 Å². The molecule has 3 aromatic rings.